The molecular formula is C17H20O2. The molecule has 0 saturated heterocycles. The van der Waals surface area contributed by atoms with E-state index in [1.54, 1.807) is 0 Å². The van der Waals surface area contributed by atoms with Gasteiger partial charge in [0.25, 0.3) is 0 Å². The first-order valence-electron chi connectivity index (χ1n) is 6.52. The quantitative estimate of drug-likeness (QED) is 0.744. The molecule has 1 aromatic carbocycles. The van der Waals surface area contributed by atoms with Gasteiger partial charge in [-0.05, 0) is 30.9 Å². The van der Waals surface area contributed by atoms with Crippen molar-refractivity contribution in [2.24, 2.45) is 0 Å². The lowest BCUT2D eigenvalue weighted by Crippen LogP contribution is -2.17. The number of benzene rings is 1. The van der Waals surface area contributed by atoms with Gasteiger partial charge in [-0.3, -0.25) is 4.79 Å². The van der Waals surface area contributed by atoms with Crippen LogP contribution in [0.25, 0.3) is 0 Å². The van der Waals surface area contributed by atoms with Gasteiger partial charge < -0.3 is 4.42 Å². The molecule has 0 aliphatic carbocycles. The number of ketones is 1. The monoisotopic (exact) mass is 256 g/mol. The van der Waals surface area contributed by atoms with Gasteiger partial charge in [0.1, 0.15) is 11.5 Å². The van der Waals surface area contributed by atoms with E-state index in [0.29, 0.717) is 11.3 Å². The summed E-state index contributed by atoms with van der Waals surface area (Å²) in [5.41, 5.74) is 2.44. The Bertz CT molecular complexity index is 612. The molecule has 0 unspecified atom stereocenters. The molecule has 0 saturated carbocycles. The van der Waals surface area contributed by atoms with E-state index < -0.39 is 0 Å². The Hall–Kier alpha value is -1.83. The third-order valence-electron chi connectivity index (χ3n) is 3.27. The van der Waals surface area contributed by atoms with E-state index in [4.69, 9.17) is 4.42 Å². The zero-order chi connectivity index (χ0) is 14.2. The molecule has 19 heavy (non-hydrogen) atoms. The maximum Gasteiger partial charge on any atom is 0.196 e. The van der Waals surface area contributed by atoms with Crippen LogP contribution in [-0.4, -0.2) is 5.78 Å². The van der Waals surface area contributed by atoms with Gasteiger partial charge in [0.2, 0.25) is 0 Å². The zero-order valence-electron chi connectivity index (χ0n) is 12.2. The third kappa shape index (κ3) is 2.62. The van der Waals surface area contributed by atoms with Gasteiger partial charge in [-0.1, -0.05) is 45.0 Å². The van der Waals surface area contributed by atoms with Crippen molar-refractivity contribution in [1.82, 2.24) is 0 Å². The molecular weight excluding hydrogens is 236 g/mol. The second kappa shape index (κ2) is 4.69. The molecule has 2 rings (SSSR count). The normalized spacial score (nSPS) is 11.6. The molecule has 0 radical (unpaired) electrons. The topological polar surface area (TPSA) is 30.2 Å². The van der Waals surface area contributed by atoms with E-state index in [1.165, 1.54) is 0 Å². The summed E-state index contributed by atoms with van der Waals surface area (Å²) in [6, 6.07) is 9.62. The Morgan fingerprint density at radius 2 is 1.68 bits per heavy atom. The number of rotatable bonds is 2. The summed E-state index contributed by atoms with van der Waals surface area (Å²) in [6.07, 6.45) is 0. The molecule has 2 aromatic rings. The number of furan rings is 1. The highest BCUT2D eigenvalue weighted by Crippen LogP contribution is 2.28. The van der Waals surface area contributed by atoms with Gasteiger partial charge in [-0.25, -0.2) is 0 Å². The van der Waals surface area contributed by atoms with E-state index in [0.717, 1.165) is 16.9 Å². The van der Waals surface area contributed by atoms with Crippen LogP contribution in [-0.2, 0) is 5.41 Å². The van der Waals surface area contributed by atoms with Crippen LogP contribution in [0.1, 0.15) is 53.8 Å². The Morgan fingerprint density at radius 1 is 1.05 bits per heavy atom. The number of aryl methyl sites for hydroxylation is 2. The molecule has 0 aliphatic rings. The van der Waals surface area contributed by atoms with Gasteiger partial charge in [-0.2, -0.15) is 0 Å². The highest BCUT2D eigenvalue weighted by Gasteiger charge is 2.23. The van der Waals surface area contributed by atoms with Crippen LogP contribution in [0.4, 0.5) is 0 Å². The summed E-state index contributed by atoms with van der Waals surface area (Å²) in [4.78, 5) is 12.7. The van der Waals surface area contributed by atoms with E-state index in [-0.39, 0.29) is 11.2 Å². The number of carbonyl (C=O) groups is 1. The standard InChI is InChI=1S/C17H20O2/c1-11-10-14(12(2)19-11)16(18)13-8-6-7-9-15(13)17(3,4)5/h6-10H,1-5H3. The van der Waals surface area contributed by atoms with Crippen molar-refractivity contribution < 1.29 is 9.21 Å². The van der Waals surface area contributed by atoms with Crippen LogP contribution in [0, 0.1) is 13.8 Å². The van der Waals surface area contributed by atoms with Gasteiger partial charge in [0.05, 0.1) is 5.56 Å². The van der Waals surface area contributed by atoms with Crippen molar-refractivity contribution in [2.75, 3.05) is 0 Å². The number of hydrogen-bond acceptors (Lipinski definition) is 2. The van der Waals surface area contributed by atoms with Crippen LogP contribution >= 0.6 is 0 Å². The zero-order valence-corrected chi connectivity index (χ0v) is 12.2. The SMILES string of the molecule is Cc1cc(C(=O)c2ccccc2C(C)(C)C)c(C)o1. The maximum absolute atomic E-state index is 12.7. The van der Waals surface area contributed by atoms with Gasteiger partial charge in [-0.15, -0.1) is 0 Å². The first-order valence-corrected chi connectivity index (χ1v) is 6.52. The second-order valence-electron chi connectivity index (χ2n) is 5.95. The molecule has 1 aromatic heterocycles. The summed E-state index contributed by atoms with van der Waals surface area (Å²) < 4.78 is 5.46. The van der Waals surface area contributed by atoms with Crippen molar-refractivity contribution in [3.8, 4) is 0 Å². The highest BCUT2D eigenvalue weighted by molar-refractivity contribution is 6.10. The molecule has 2 heteroatoms. The fraction of sp³-hybridized carbons (Fsp3) is 0.353. The first kappa shape index (κ1) is 13.6. The summed E-state index contributed by atoms with van der Waals surface area (Å²) in [5.74, 6) is 1.50. The Balaban J connectivity index is 2.54. The first-order chi connectivity index (χ1) is 8.80. The molecule has 0 spiro atoms. The summed E-state index contributed by atoms with van der Waals surface area (Å²) in [7, 11) is 0. The molecule has 0 fully saturated rings. The molecule has 0 amide bonds. The highest BCUT2D eigenvalue weighted by atomic mass is 16.3. The minimum atomic E-state index is -0.0566. The predicted molar refractivity (Wildman–Crippen MR) is 76.8 cm³/mol. The van der Waals surface area contributed by atoms with Crippen molar-refractivity contribution in [2.45, 2.75) is 40.0 Å². The fourth-order valence-electron chi connectivity index (χ4n) is 2.34. The van der Waals surface area contributed by atoms with Crippen LogP contribution in [0.3, 0.4) is 0 Å². The average Bonchev–Trinajstić information content (AvgIpc) is 2.66. The van der Waals surface area contributed by atoms with E-state index >= 15 is 0 Å². The van der Waals surface area contributed by atoms with E-state index in [1.807, 2.05) is 44.2 Å². The fourth-order valence-corrected chi connectivity index (χ4v) is 2.34. The van der Waals surface area contributed by atoms with Crippen molar-refractivity contribution in [3.63, 3.8) is 0 Å². The average molecular weight is 256 g/mol. The second-order valence-corrected chi connectivity index (χ2v) is 5.95. The smallest absolute Gasteiger partial charge is 0.196 e. The van der Waals surface area contributed by atoms with Gasteiger partial charge in [0.15, 0.2) is 5.78 Å². The third-order valence-corrected chi connectivity index (χ3v) is 3.27. The largest absolute Gasteiger partial charge is 0.466 e. The Labute approximate surface area is 114 Å². The molecule has 0 atom stereocenters. The summed E-state index contributed by atoms with van der Waals surface area (Å²) >= 11 is 0. The van der Waals surface area contributed by atoms with Crippen LogP contribution < -0.4 is 0 Å². The molecule has 1 heterocycles. The molecule has 0 N–H and O–H groups in total. The molecule has 0 aliphatic heterocycles. The molecule has 0 bridgehead atoms. The lowest BCUT2D eigenvalue weighted by atomic mass is 9.82. The summed E-state index contributed by atoms with van der Waals surface area (Å²) in [6.45, 7) is 10.0. The van der Waals surface area contributed by atoms with Crippen molar-refractivity contribution in [1.29, 1.82) is 0 Å². The lowest BCUT2D eigenvalue weighted by molar-refractivity contribution is 0.103. The lowest BCUT2D eigenvalue weighted by Gasteiger charge is -2.22. The maximum atomic E-state index is 12.7. The van der Waals surface area contributed by atoms with E-state index in [2.05, 4.69) is 20.8 Å². The van der Waals surface area contributed by atoms with Crippen LogP contribution in [0.2, 0.25) is 0 Å². The molecule has 2 nitrogen and oxygen atoms in total. The molecule has 100 valence electrons. The van der Waals surface area contributed by atoms with Gasteiger partial charge >= 0.3 is 0 Å². The number of carbonyl (C=O) groups excluding carboxylic acids is 1. The van der Waals surface area contributed by atoms with Crippen LogP contribution in [0.15, 0.2) is 34.7 Å². The Kier molecular flexibility index (Phi) is 3.36. The minimum absolute atomic E-state index is 0.0416. The Morgan fingerprint density at radius 3 is 2.21 bits per heavy atom. The summed E-state index contributed by atoms with van der Waals surface area (Å²) in [5, 5.41) is 0. The van der Waals surface area contributed by atoms with Crippen molar-refractivity contribution >= 4 is 5.78 Å². The van der Waals surface area contributed by atoms with Gasteiger partial charge in [0, 0.05) is 5.56 Å². The van der Waals surface area contributed by atoms with E-state index in [9.17, 15) is 4.79 Å². The van der Waals surface area contributed by atoms with Crippen LogP contribution in [0.5, 0.6) is 0 Å². The number of hydrogen-bond donors (Lipinski definition) is 0. The minimum Gasteiger partial charge on any atom is -0.466 e. The predicted octanol–water partition coefficient (Wildman–Crippen LogP) is 4.42. The van der Waals surface area contributed by atoms with Crippen molar-refractivity contribution in [3.05, 3.63) is 58.5 Å².